The summed E-state index contributed by atoms with van der Waals surface area (Å²) in [6.07, 6.45) is 1.19. The van der Waals surface area contributed by atoms with Crippen LogP contribution in [0.2, 0.25) is 0 Å². The normalized spacial score (nSPS) is 15.2. The number of ether oxygens (including phenoxy) is 1. The van der Waals surface area contributed by atoms with Gasteiger partial charge in [-0.3, -0.25) is 9.78 Å². The smallest absolute Gasteiger partial charge is 0.339 e. The van der Waals surface area contributed by atoms with Gasteiger partial charge in [-0.1, -0.05) is 48.5 Å². The molecule has 1 amide bonds. The molecule has 2 aromatic carbocycles. The van der Waals surface area contributed by atoms with Crippen molar-refractivity contribution in [2.24, 2.45) is 0 Å². The van der Waals surface area contributed by atoms with Gasteiger partial charge in [-0.15, -0.1) is 0 Å². The first-order valence-electron chi connectivity index (χ1n) is 8.32. The lowest BCUT2D eigenvalue weighted by atomic mass is 10.0. The Hall–Kier alpha value is -3.47. The molecule has 0 spiro atoms. The van der Waals surface area contributed by atoms with Crippen molar-refractivity contribution in [3.63, 3.8) is 0 Å². The van der Waals surface area contributed by atoms with Gasteiger partial charge in [0.25, 0.3) is 0 Å². The van der Waals surface area contributed by atoms with E-state index in [0.29, 0.717) is 16.9 Å². The molecular weight excluding hydrogens is 328 g/mol. The average Bonchev–Trinajstić information content (AvgIpc) is 2.99. The van der Waals surface area contributed by atoms with Crippen molar-refractivity contribution in [2.45, 2.75) is 12.5 Å². The lowest BCUT2D eigenvalue weighted by Crippen LogP contribution is -2.16. The molecular formula is C21H16N2O3. The molecule has 1 aliphatic heterocycles. The van der Waals surface area contributed by atoms with E-state index < -0.39 is 6.10 Å². The highest BCUT2D eigenvalue weighted by molar-refractivity contribution is 5.97. The fourth-order valence-corrected chi connectivity index (χ4v) is 3.07. The zero-order valence-electron chi connectivity index (χ0n) is 13.9. The largest absolute Gasteiger partial charge is 0.453 e. The second kappa shape index (κ2) is 6.80. The van der Waals surface area contributed by atoms with Gasteiger partial charge in [0.1, 0.15) is 6.10 Å². The minimum absolute atomic E-state index is 0.0614. The van der Waals surface area contributed by atoms with E-state index in [-0.39, 0.29) is 18.3 Å². The molecule has 4 rings (SSSR count). The van der Waals surface area contributed by atoms with Crippen molar-refractivity contribution in [1.82, 2.24) is 4.98 Å². The van der Waals surface area contributed by atoms with E-state index >= 15 is 0 Å². The van der Waals surface area contributed by atoms with Crippen LogP contribution in [0.25, 0.3) is 11.3 Å². The Bertz CT molecular complexity index is 970. The van der Waals surface area contributed by atoms with Crippen LogP contribution in [-0.2, 0) is 9.53 Å². The SMILES string of the molecule is O=C(C[C@@H]1OC(=O)c2ccccc21)Nc1cccnc1-c1ccccc1. The highest BCUT2D eigenvalue weighted by Crippen LogP contribution is 2.33. The highest BCUT2D eigenvalue weighted by Gasteiger charge is 2.32. The standard InChI is InChI=1S/C21H16N2O3/c24-19(13-18-15-9-4-5-10-16(15)21(25)26-18)23-17-11-6-12-22-20(17)14-7-2-1-3-8-14/h1-12,18H,13H2,(H,23,24)/t18-/m0/s1. The van der Waals surface area contributed by atoms with Gasteiger partial charge < -0.3 is 10.1 Å². The number of nitrogens with zero attached hydrogens (tertiary/aromatic N) is 1. The van der Waals surface area contributed by atoms with E-state index in [1.807, 2.05) is 48.5 Å². The zero-order valence-corrected chi connectivity index (χ0v) is 13.9. The van der Waals surface area contributed by atoms with Gasteiger partial charge in [-0.2, -0.15) is 0 Å². The Labute approximate surface area is 150 Å². The topological polar surface area (TPSA) is 68.3 Å². The molecule has 0 radical (unpaired) electrons. The molecule has 2 heterocycles. The number of anilines is 1. The van der Waals surface area contributed by atoms with Gasteiger partial charge >= 0.3 is 5.97 Å². The molecule has 0 unspecified atom stereocenters. The van der Waals surface area contributed by atoms with Crippen LogP contribution in [0.4, 0.5) is 5.69 Å². The van der Waals surface area contributed by atoms with E-state index in [4.69, 9.17) is 4.74 Å². The summed E-state index contributed by atoms with van der Waals surface area (Å²) < 4.78 is 5.34. The number of rotatable bonds is 4. The molecule has 1 aromatic heterocycles. The maximum atomic E-state index is 12.5. The number of nitrogens with one attached hydrogen (secondary N) is 1. The minimum atomic E-state index is -0.560. The summed E-state index contributed by atoms with van der Waals surface area (Å²) in [6.45, 7) is 0. The van der Waals surface area contributed by atoms with Gasteiger partial charge in [0.05, 0.1) is 23.4 Å². The van der Waals surface area contributed by atoms with E-state index in [0.717, 1.165) is 11.1 Å². The maximum Gasteiger partial charge on any atom is 0.339 e. The molecule has 3 aromatic rings. The summed E-state index contributed by atoms with van der Waals surface area (Å²) in [4.78, 5) is 28.8. The number of benzene rings is 2. The van der Waals surface area contributed by atoms with Crippen LogP contribution >= 0.6 is 0 Å². The molecule has 1 atom stereocenters. The fraction of sp³-hybridized carbons (Fsp3) is 0.0952. The summed E-state index contributed by atoms with van der Waals surface area (Å²) in [7, 11) is 0. The third-order valence-corrected chi connectivity index (χ3v) is 4.28. The predicted octanol–water partition coefficient (Wildman–Crippen LogP) is 3.99. The third-order valence-electron chi connectivity index (χ3n) is 4.28. The van der Waals surface area contributed by atoms with Gasteiger partial charge in [-0.05, 0) is 18.2 Å². The van der Waals surface area contributed by atoms with Crippen LogP contribution in [0.3, 0.4) is 0 Å². The average molecular weight is 344 g/mol. The Morgan fingerprint density at radius 1 is 1.00 bits per heavy atom. The number of carbonyl (C=O) groups excluding carboxylic acids is 2. The van der Waals surface area contributed by atoms with Crippen LogP contribution in [0.1, 0.15) is 28.4 Å². The van der Waals surface area contributed by atoms with Crippen LogP contribution in [0.15, 0.2) is 72.9 Å². The summed E-state index contributed by atoms with van der Waals surface area (Å²) in [5, 5.41) is 2.89. The predicted molar refractivity (Wildman–Crippen MR) is 97.5 cm³/mol. The number of hydrogen-bond acceptors (Lipinski definition) is 4. The zero-order chi connectivity index (χ0) is 17.9. The van der Waals surface area contributed by atoms with E-state index in [1.54, 1.807) is 24.4 Å². The van der Waals surface area contributed by atoms with Gasteiger partial charge in [0, 0.05) is 17.3 Å². The molecule has 1 N–H and O–H groups in total. The van der Waals surface area contributed by atoms with Crippen LogP contribution in [-0.4, -0.2) is 16.9 Å². The number of esters is 1. The third kappa shape index (κ3) is 3.07. The first-order valence-corrected chi connectivity index (χ1v) is 8.32. The van der Waals surface area contributed by atoms with E-state index in [9.17, 15) is 9.59 Å². The van der Waals surface area contributed by atoms with Crippen molar-refractivity contribution < 1.29 is 14.3 Å². The number of aromatic nitrogens is 1. The van der Waals surface area contributed by atoms with Gasteiger partial charge in [-0.25, -0.2) is 4.79 Å². The second-order valence-electron chi connectivity index (χ2n) is 6.00. The van der Waals surface area contributed by atoms with Gasteiger partial charge in [0.2, 0.25) is 5.91 Å². The quantitative estimate of drug-likeness (QED) is 0.727. The minimum Gasteiger partial charge on any atom is -0.453 e. The van der Waals surface area contributed by atoms with Crippen molar-refractivity contribution in [3.05, 3.63) is 84.1 Å². The molecule has 0 fully saturated rings. The number of amides is 1. The van der Waals surface area contributed by atoms with E-state index in [1.165, 1.54) is 0 Å². The Morgan fingerprint density at radius 3 is 2.62 bits per heavy atom. The Morgan fingerprint density at radius 2 is 1.77 bits per heavy atom. The summed E-state index contributed by atoms with van der Waals surface area (Å²) in [5.41, 5.74) is 3.52. The van der Waals surface area contributed by atoms with Crippen molar-refractivity contribution in [3.8, 4) is 11.3 Å². The number of hydrogen-bond donors (Lipinski definition) is 1. The van der Waals surface area contributed by atoms with Crippen LogP contribution in [0.5, 0.6) is 0 Å². The molecule has 128 valence electrons. The van der Waals surface area contributed by atoms with Crippen LogP contribution < -0.4 is 5.32 Å². The fourth-order valence-electron chi connectivity index (χ4n) is 3.07. The Kier molecular flexibility index (Phi) is 4.19. The lowest BCUT2D eigenvalue weighted by Gasteiger charge is -2.13. The van der Waals surface area contributed by atoms with Gasteiger partial charge in [0.15, 0.2) is 0 Å². The van der Waals surface area contributed by atoms with Crippen molar-refractivity contribution >= 4 is 17.6 Å². The molecule has 0 saturated heterocycles. The summed E-state index contributed by atoms with van der Waals surface area (Å²) >= 11 is 0. The molecule has 0 aliphatic carbocycles. The van der Waals surface area contributed by atoms with Crippen LogP contribution in [0, 0.1) is 0 Å². The molecule has 5 heteroatoms. The number of carbonyl (C=O) groups is 2. The van der Waals surface area contributed by atoms with Crippen molar-refractivity contribution in [2.75, 3.05) is 5.32 Å². The number of cyclic esters (lactones) is 1. The highest BCUT2D eigenvalue weighted by atomic mass is 16.5. The molecule has 26 heavy (non-hydrogen) atoms. The molecule has 1 aliphatic rings. The Balaban J connectivity index is 1.53. The first-order chi connectivity index (χ1) is 12.7. The molecule has 0 saturated carbocycles. The summed E-state index contributed by atoms with van der Waals surface area (Å²) in [6, 6.07) is 20.4. The second-order valence-corrected chi connectivity index (χ2v) is 6.00. The maximum absolute atomic E-state index is 12.5. The molecule has 5 nitrogen and oxygen atoms in total. The van der Waals surface area contributed by atoms with E-state index in [2.05, 4.69) is 10.3 Å². The van der Waals surface area contributed by atoms with Crippen molar-refractivity contribution in [1.29, 1.82) is 0 Å². The number of fused-ring (bicyclic) bond motifs is 1. The lowest BCUT2D eigenvalue weighted by molar-refractivity contribution is -0.118. The molecule has 0 bridgehead atoms. The monoisotopic (exact) mass is 344 g/mol. The summed E-state index contributed by atoms with van der Waals surface area (Å²) in [5.74, 6) is -0.616. The first kappa shape index (κ1) is 16.0. The number of pyridine rings is 1.